The maximum absolute atomic E-state index is 12.2. The maximum Gasteiger partial charge on any atom is 0.305 e. The van der Waals surface area contributed by atoms with Gasteiger partial charge in [-0.1, -0.05) is 42.5 Å². The van der Waals surface area contributed by atoms with Crippen molar-refractivity contribution in [1.82, 2.24) is 15.4 Å². The average Bonchev–Trinajstić information content (AvgIpc) is 3.56. The van der Waals surface area contributed by atoms with E-state index in [0.29, 0.717) is 31.3 Å². The predicted molar refractivity (Wildman–Crippen MR) is 135 cm³/mol. The van der Waals surface area contributed by atoms with Gasteiger partial charge in [0.15, 0.2) is 5.84 Å². The number of amidine groups is 1. The van der Waals surface area contributed by atoms with Crippen molar-refractivity contribution in [3.05, 3.63) is 83.7 Å². The van der Waals surface area contributed by atoms with Crippen molar-refractivity contribution in [1.29, 1.82) is 0 Å². The normalized spacial score (nSPS) is 21.1. The second-order valence-corrected chi connectivity index (χ2v) is 8.97. The molecule has 1 fully saturated rings. The number of aromatic nitrogens is 2. The van der Waals surface area contributed by atoms with Crippen LogP contribution in [0.5, 0.6) is 5.75 Å². The van der Waals surface area contributed by atoms with Crippen LogP contribution in [0.15, 0.2) is 71.9 Å². The van der Waals surface area contributed by atoms with Crippen molar-refractivity contribution in [2.45, 2.75) is 25.5 Å². The molecule has 0 bridgehead atoms. The van der Waals surface area contributed by atoms with Crippen molar-refractivity contribution < 1.29 is 19.1 Å². The number of ether oxygens (including phenoxy) is 2. The number of esters is 1. The van der Waals surface area contributed by atoms with Gasteiger partial charge < -0.3 is 14.4 Å². The highest BCUT2D eigenvalue weighted by molar-refractivity contribution is 5.83. The minimum Gasteiger partial charge on any atom is -0.486 e. The quantitative estimate of drug-likeness (QED) is 0.482. The molecule has 0 aliphatic carbocycles. The summed E-state index contributed by atoms with van der Waals surface area (Å²) in [5.41, 5.74) is 5.84. The van der Waals surface area contributed by atoms with Gasteiger partial charge in [-0.3, -0.25) is 4.79 Å². The van der Waals surface area contributed by atoms with E-state index in [1.165, 1.54) is 7.11 Å². The van der Waals surface area contributed by atoms with Crippen LogP contribution in [0.3, 0.4) is 0 Å². The van der Waals surface area contributed by atoms with Gasteiger partial charge in [0.05, 0.1) is 13.5 Å². The Balaban J connectivity index is 1.29. The van der Waals surface area contributed by atoms with Crippen LogP contribution in [0.2, 0.25) is 0 Å². The lowest BCUT2D eigenvalue weighted by molar-refractivity contribution is -0.141. The zero-order chi connectivity index (χ0) is 24.9. The molecule has 1 saturated heterocycles. The maximum atomic E-state index is 12.2. The first-order valence-corrected chi connectivity index (χ1v) is 12.0. The lowest BCUT2D eigenvalue weighted by atomic mass is 9.87. The smallest absolute Gasteiger partial charge is 0.305 e. The zero-order valence-electron chi connectivity index (χ0n) is 20.3. The Morgan fingerprint density at radius 2 is 1.94 bits per heavy atom. The second kappa shape index (κ2) is 10.7. The largest absolute Gasteiger partial charge is 0.486 e. The summed E-state index contributed by atoms with van der Waals surface area (Å²) in [5, 5.41) is 0. The number of nitrogens with zero attached hydrogens (tertiary/aromatic N) is 4. The molecule has 5 rings (SSSR count). The van der Waals surface area contributed by atoms with Gasteiger partial charge in [0.1, 0.15) is 12.4 Å². The number of rotatable bonds is 8. The topological polar surface area (TPSA) is 98.2 Å². The molecule has 3 heterocycles. The third-order valence-corrected chi connectivity index (χ3v) is 6.47. The summed E-state index contributed by atoms with van der Waals surface area (Å²) in [6.45, 7) is 3.58. The second-order valence-electron chi connectivity index (χ2n) is 8.97. The number of anilines is 1. The van der Waals surface area contributed by atoms with Gasteiger partial charge in [-0.15, -0.1) is 0 Å². The molecule has 36 heavy (non-hydrogen) atoms. The number of nitrogens with one attached hydrogen (secondary N) is 1. The molecule has 186 valence electrons. The van der Waals surface area contributed by atoms with E-state index in [1.807, 2.05) is 61.5 Å². The highest BCUT2D eigenvalue weighted by Crippen LogP contribution is 2.37. The first-order chi connectivity index (χ1) is 17.6. The van der Waals surface area contributed by atoms with Crippen LogP contribution in [-0.4, -0.2) is 48.6 Å². The van der Waals surface area contributed by atoms with Crippen LogP contribution in [0.25, 0.3) is 0 Å². The Morgan fingerprint density at radius 1 is 1.11 bits per heavy atom. The van der Waals surface area contributed by atoms with Gasteiger partial charge in [0.2, 0.25) is 12.2 Å². The van der Waals surface area contributed by atoms with Crippen molar-refractivity contribution >= 4 is 17.8 Å². The molecule has 2 aliphatic rings. The fourth-order valence-corrected chi connectivity index (χ4v) is 4.64. The highest BCUT2D eigenvalue weighted by atomic mass is 16.7. The molecule has 0 radical (unpaired) electrons. The molecule has 3 atom stereocenters. The highest BCUT2D eigenvalue weighted by Gasteiger charge is 2.36. The van der Waals surface area contributed by atoms with E-state index in [4.69, 9.17) is 14.3 Å². The van der Waals surface area contributed by atoms with Crippen molar-refractivity contribution in [2.75, 3.05) is 31.7 Å². The average molecular weight is 488 g/mol. The summed E-state index contributed by atoms with van der Waals surface area (Å²) in [6, 6.07) is 19.7. The van der Waals surface area contributed by atoms with Gasteiger partial charge in [-0.25, -0.2) is 25.3 Å². The lowest BCUT2D eigenvalue weighted by Gasteiger charge is -2.18. The summed E-state index contributed by atoms with van der Waals surface area (Å²) in [4.78, 5) is 33.5. The molecule has 0 spiro atoms. The fourth-order valence-electron chi connectivity index (χ4n) is 4.64. The Bertz CT molecular complexity index is 1240. The summed E-state index contributed by atoms with van der Waals surface area (Å²) in [7, 11) is 1.42. The Labute approximate surface area is 210 Å². The number of hydrogen-bond donors (Lipinski definition) is 1. The summed E-state index contributed by atoms with van der Waals surface area (Å²) < 4.78 is 11.0. The Morgan fingerprint density at radius 3 is 2.75 bits per heavy atom. The van der Waals surface area contributed by atoms with E-state index in [0.717, 1.165) is 22.6 Å². The Hall–Kier alpha value is -3.98. The minimum atomic E-state index is -0.386. The predicted octanol–water partition coefficient (Wildman–Crippen LogP) is 3.58. The van der Waals surface area contributed by atoms with Crippen LogP contribution in [0, 0.1) is 12.8 Å². The monoisotopic (exact) mass is 487 g/mol. The molecule has 1 N–H and O–H groups in total. The standard InChI is InChI=1S/C27H29N5O4/c1-18-11-12-28-27(29-18)32-15-21(14-25(33)34-2)23(16-32)20-9-6-10-22(13-20)35-17-24-30-26(36-31-24)19-7-4-3-5-8-19/h3-13,21,23,26H,14-17H2,1-2H3,(H,30,31)/t21-,23-,26?/m0/s1. The molecule has 0 amide bonds. The van der Waals surface area contributed by atoms with Crippen LogP contribution in [0.4, 0.5) is 5.95 Å². The first kappa shape index (κ1) is 23.7. The summed E-state index contributed by atoms with van der Waals surface area (Å²) >= 11 is 0. The number of carbonyl (C=O) groups is 1. The third-order valence-electron chi connectivity index (χ3n) is 6.47. The van der Waals surface area contributed by atoms with Crippen molar-refractivity contribution in [3.63, 3.8) is 0 Å². The number of benzene rings is 2. The SMILES string of the molecule is COC(=O)C[C@H]1CN(c2nccc(C)n2)C[C@H]1c1cccc(OCC2=NC(c3ccccc3)ON2)c1. The van der Waals surface area contributed by atoms with E-state index in [-0.39, 0.29) is 30.6 Å². The number of methoxy groups -OCH3 is 1. The van der Waals surface area contributed by atoms with E-state index < -0.39 is 0 Å². The van der Waals surface area contributed by atoms with Crippen LogP contribution < -0.4 is 15.1 Å². The van der Waals surface area contributed by atoms with Gasteiger partial charge in [-0.2, -0.15) is 0 Å². The van der Waals surface area contributed by atoms with Crippen molar-refractivity contribution in [2.24, 2.45) is 10.9 Å². The van der Waals surface area contributed by atoms with Gasteiger partial charge in [0, 0.05) is 36.5 Å². The van der Waals surface area contributed by atoms with Crippen LogP contribution in [-0.2, 0) is 14.4 Å². The number of carbonyl (C=O) groups excluding carboxylic acids is 1. The summed E-state index contributed by atoms with van der Waals surface area (Å²) in [5.74, 6) is 1.98. The molecule has 1 unspecified atom stereocenters. The molecular weight excluding hydrogens is 458 g/mol. The molecule has 2 aromatic carbocycles. The molecule has 9 heteroatoms. The molecular formula is C27H29N5O4. The molecule has 9 nitrogen and oxygen atoms in total. The molecule has 2 aliphatic heterocycles. The fraction of sp³-hybridized carbons (Fsp3) is 0.333. The van der Waals surface area contributed by atoms with Crippen molar-refractivity contribution in [3.8, 4) is 5.75 Å². The van der Waals surface area contributed by atoms with Crippen LogP contribution >= 0.6 is 0 Å². The summed E-state index contributed by atoms with van der Waals surface area (Å²) in [6.07, 6.45) is 1.71. The van der Waals surface area contributed by atoms with E-state index in [2.05, 4.69) is 31.4 Å². The van der Waals surface area contributed by atoms with Gasteiger partial charge >= 0.3 is 5.97 Å². The molecule has 1 aromatic heterocycles. The van der Waals surface area contributed by atoms with Gasteiger partial charge in [0.25, 0.3) is 0 Å². The lowest BCUT2D eigenvalue weighted by Crippen LogP contribution is -2.24. The Kier molecular flexibility index (Phi) is 7.08. The zero-order valence-corrected chi connectivity index (χ0v) is 20.3. The van der Waals surface area contributed by atoms with E-state index >= 15 is 0 Å². The number of aryl methyl sites for hydroxylation is 1. The number of aliphatic imine (C=N–C) groups is 1. The molecule has 3 aromatic rings. The molecule has 0 saturated carbocycles. The number of hydroxylamine groups is 1. The van der Waals surface area contributed by atoms with E-state index in [9.17, 15) is 4.79 Å². The number of hydrogen-bond acceptors (Lipinski definition) is 9. The minimum absolute atomic E-state index is 0.0673. The van der Waals surface area contributed by atoms with E-state index in [1.54, 1.807) is 6.20 Å². The third kappa shape index (κ3) is 5.46. The van der Waals surface area contributed by atoms with Crippen LogP contribution in [0.1, 0.15) is 35.4 Å². The van der Waals surface area contributed by atoms with Gasteiger partial charge in [-0.05, 0) is 36.6 Å². The first-order valence-electron chi connectivity index (χ1n) is 12.0.